The van der Waals surface area contributed by atoms with Crippen LogP contribution in [0.3, 0.4) is 0 Å². The molecule has 1 N–H and O–H groups in total. The molecule has 80 valence electrons. The van der Waals surface area contributed by atoms with Crippen molar-refractivity contribution in [1.29, 1.82) is 0 Å². The predicted octanol–water partition coefficient (Wildman–Crippen LogP) is 0.540. The van der Waals surface area contributed by atoms with Gasteiger partial charge in [0.25, 0.3) is 0 Å². The highest BCUT2D eigenvalue weighted by atomic mass is 16.7. The number of hydrogen-bond acceptors (Lipinski definition) is 3. The summed E-state index contributed by atoms with van der Waals surface area (Å²) in [6.07, 6.45) is 3.84. The molecule has 2 aliphatic rings. The summed E-state index contributed by atoms with van der Waals surface area (Å²) in [4.78, 5) is 16.7. The monoisotopic (exact) mass is 198 g/mol. The molecule has 2 heterocycles. The van der Waals surface area contributed by atoms with Gasteiger partial charge in [-0.05, 0) is 38.3 Å². The van der Waals surface area contributed by atoms with Gasteiger partial charge in [-0.1, -0.05) is 0 Å². The molecule has 1 atom stereocenters. The second-order valence-corrected chi connectivity index (χ2v) is 4.08. The maximum Gasteiger partial charge on any atom is 0.246 e. The second-order valence-electron chi connectivity index (χ2n) is 4.08. The molecule has 0 aromatic heterocycles. The fourth-order valence-corrected chi connectivity index (χ4v) is 2.04. The summed E-state index contributed by atoms with van der Waals surface area (Å²) >= 11 is 0. The second kappa shape index (κ2) is 4.75. The zero-order valence-corrected chi connectivity index (χ0v) is 8.50. The van der Waals surface area contributed by atoms with Crippen LogP contribution in [0.1, 0.15) is 25.7 Å². The predicted molar refractivity (Wildman–Crippen MR) is 52.5 cm³/mol. The maximum atomic E-state index is 11.4. The Morgan fingerprint density at radius 1 is 1.57 bits per heavy atom. The molecule has 0 saturated carbocycles. The summed E-state index contributed by atoms with van der Waals surface area (Å²) in [6.45, 7) is 3.70. The van der Waals surface area contributed by atoms with E-state index in [4.69, 9.17) is 4.84 Å². The maximum absolute atomic E-state index is 11.4. The van der Waals surface area contributed by atoms with Crippen LogP contribution in [0.2, 0.25) is 0 Å². The Labute approximate surface area is 84.6 Å². The molecule has 1 unspecified atom stereocenters. The molecule has 0 bridgehead atoms. The van der Waals surface area contributed by atoms with Crippen LogP contribution in [0.4, 0.5) is 0 Å². The van der Waals surface area contributed by atoms with Crippen molar-refractivity contribution in [3.63, 3.8) is 0 Å². The summed E-state index contributed by atoms with van der Waals surface area (Å²) in [5.41, 5.74) is 0. The number of amides is 1. The van der Waals surface area contributed by atoms with E-state index in [0.29, 0.717) is 13.0 Å². The summed E-state index contributed by atoms with van der Waals surface area (Å²) in [5, 5.41) is 4.88. The molecule has 1 amide bonds. The van der Waals surface area contributed by atoms with Crippen LogP contribution in [0.25, 0.3) is 0 Å². The molecule has 2 saturated heterocycles. The van der Waals surface area contributed by atoms with Gasteiger partial charge in [-0.25, -0.2) is 5.06 Å². The average Bonchev–Trinajstić information content (AvgIpc) is 2.69. The van der Waals surface area contributed by atoms with Crippen LogP contribution in [0.5, 0.6) is 0 Å². The van der Waals surface area contributed by atoms with Gasteiger partial charge >= 0.3 is 0 Å². The minimum Gasteiger partial charge on any atom is -0.316 e. The Kier molecular flexibility index (Phi) is 3.37. The molecule has 0 aromatic rings. The Balaban J connectivity index is 1.70. The van der Waals surface area contributed by atoms with Gasteiger partial charge in [0.15, 0.2) is 0 Å². The topological polar surface area (TPSA) is 41.6 Å². The van der Waals surface area contributed by atoms with E-state index in [1.54, 1.807) is 5.06 Å². The van der Waals surface area contributed by atoms with Gasteiger partial charge in [0.1, 0.15) is 0 Å². The van der Waals surface area contributed by atoms with E-state index in [1.807, 2.05) is 0 Å². The number of carbonyl (C=O) groups is 1. The number of nitrogens with zero attached hydrogens (tertiary/aromatic N) is 1. The Morgan fingerprint density at radius 2 is 2.50 bits per heavy atom. The van der Waals surface area contributed by atoms with E-state index < -0.39 is 0 Å². The first kappa shape index (κ1) is 9.93. The Morgan fingerprint density at radius 3 is 3.21 bits per heavy atom. The molecule has 4 nitrogen and oxygen atoms in total. The number of nitrogens with one attached hydrogen (secondary N) is 1. The zero-order valence-electron chi connectivity index (χ0n) is 8.50. The van der Waals surface area contributed by atoms with Crippen molar-refractivity contribution in [2.75, 3.05) is 26.2 Å². The van der Waals surface area contributed by atoms with E-state index in [9.17, 15) is 4.79 Å². The summed E-state index contributed by atoms with van der Waals surface area (Å²) in [5.74, 6) is 0.885. The highest BCUT2D eigenvalue weighted by Gasteiger charge is 2.21. The van der Waals surface area contributed by atoms with Crippen LogP contribution in [0, 0.1) is 5.92 Å². The van der Waals surface area contributed by atoms with Crippen LogP contribution in [0.15, 0.2) is 0 Å². The van der Waals surface area contributed by atoms with Crippen molar-refractivity contribution in [2.24, 2.45) is 5.92 Å². The highest BCUT2D eigenvalue weighted by Crippen LogP contribution is 2.15. The zero-order chi connectivity index (χ0) is 9.80. The minimum atomic E-state index is 0.155. The summed E-state index contributed by atoms with van der Waals surface area (Å²) in [6, 6.07) is 0. The van der Waals surface area contributed by atoms with Crippen molar-refractivity contribution in [2.45, 2.75) is 25.7 Å². The molecule has 2 aliphatic heterocycles. The van der Waals surface area contributed by atoms with Gasteiger partial charge in [-0.3, -0.25) is 9.63 Å². The first-order chi connectivity index (χ1) is 6.86. The molecule has 14 heavy (non-hydrogen) atoms. The quantitative estimate of drug-likeness (QED) is 0.719. The first-order valence-corrected chi connectivity index (χ1v) is 5.50. The molecule has 0 radical (unpaired) electrons. The smallest absolute Gasteiger partial charge is 0.246 e. The van der Waals surface area contributed by atoms with Crippen molar-refractivity contribution in [1.82, 2.24) is 10.4 Å². The lowest BCUT2D eigenvalue weighted by atomic mass is 10.1. The Hall–Kier alpha value is -0.610. The van der Waals surface area contributed by atoms with E-state index in [-0.39, 0.29) is 5.91 Å². The van der Waals surface area contributed by atoms with Crippen molar-refractivity contribution < 1.29 is 9.63 Å². The third-order valence-electron chi connectivity index (χ3n) is 2.96. The average molecular weight is 198 g/mol. The van der Waals surface area contributed by atoms with Gasteiger partial charge in [-0.2, -0.15) is 0 Å². The van der Waals surface area contributed by atoms with Crippen LogP contribution in [-0.2, 0) is 9.63 Å². The lowest BCUT2D eigenvalue weighted by Gasteiger charge is -2.26. The third-order valence-corrected chi connectivity index (χ3v) is 2.96. The molecule has 0 spiro atoms. The molecule has 4 heteroatoms. The van der Waals surface area contributed by atoms with Crippen LogP contribution in [-0.4, -0.2) is 37.2 Å². The highest BCUT2D eigenvalue weighted by molar-refractivity contribution is 5.75. The third kappa shape index (κ3) is 2.45. The summed E-state index contributed by atoms with van der Waals surface area (Å²) in [7, 11) is 0. The normalized spacial score (nSPS) is 28.4. The first-order valence-electron chi connectivity index (χ1n) is 5.50. The Bertz CT molecular complexity index is 202. The molecule has 0 aliphatic carbocycles. The summed E-state index contributed by atoms with van der Waals surface area (Å²) < 4.78 is 0. The fraction of sp³-hybridized carbons (Fsp3) is 0.900. The molecular weight excluding hydrogens is 180 g/mol. The molecule has 2 fully saturated rings. The van der Waals surface area contributed by atoms with Gasteiger partial charge in [0, 0.05) is 13.0 Å². The number of hydroxylamine groups is 2. The number of carbonyl (C=O) groups excluding carboxylic acids is 1. The van der Waals surface area contributed by atoms with Gasteiger partial charge in [-0.15, -0.1) is 0 Å². The van der Waals surface area contributed by atoms with Crippen molar-refractivity contribution in [3.8, 4) is 0 Å². The standard InChI is InChI=1S/C10H18N2O2/c13-10-2-1-7-14-12(10)6-4-9-3-5-11-8-9/h9,11H,1-8H2. The van der Waals surface area contributed by atoms with Gasteiger partial charge < -0.3 is 5.32 Å². The van der Waals surface area contributed by atoms with Gasteiger partial charge in [0.2, 0.25) is 5.91 Å². The number of hydrogen-bond donors (Lipinski definition) is 1. The van der Waals surface area contributed by atoms with Crippen molar-refractivity contribution in [3.05, 3.63) is 0 Å². The lowest BCUT2D eigenvalue weighted by molar-refractivity contribution is -0.198. The largest absolute Gasteiger partial charge is 0.316 e. The van der Waals surface area contributed by atoms with E-state index in [2.05, 4.69) is 5.32 Å². The van der Waals surface area contributed by atoms with Gasteiger partial charge in [0.05, 0.1) is 6.61 Å². The lowest BCUT2D eigenvalue weighted by Crippen LogP contribution is -2.37. The van der Waals surface area contributed by atoms with Crippen LogP contribution >= 0.6 is 0 Å². The van der Waals surface area contributed by atoms with Crippen molar-refractivity contribution >= 4 is 5.91 Å². The van der Waals surface area contributed by atoms with E-state index >= 15 is 0 Å². The molecule has 0 aromatic carbocycles. The van der Waals surface area contributed by atoms with E-state index in [0.717, 1.165) is 38.4 Å². The van der Waals surface area contributed by atoms with Crippen LogP contribution < -0.4 is 5.32 Å². The SMILES string of the molecule is O=C1CCCON1CCC1CCNC1. The number of rotatable bonds is 3. The van der Waals surface area contributed by atoms with E-state index in [1.165, 1.54) is 6.42 Å². The molecule has 2 rings (SSSR count). The minimum absolute atomic E-state index is 0.155. The molecular formula is C10H18N2O2. The fourth-order valence-electron chi connectivity index (χ4n) is 2.04.